The summed E-state index contributed by atoms with van der Waals surface area (Å²) in [6, 6.07) is 11.0. The fourth-order valence-corrected chi connectivity index (χ4v) is 4.30. The summed E-state index contributed by atoms with van der Waals surface area (Å²) in [4.78, 5) is 26.2. The molecule has 2 N–H and O–H groups in total. The van der Waals surface area contributed by atoms with Gasteiger partial charge in [0.05, 0.1) is 5.01 Å². The molecule has 0 atom stereocenters. The lowest BCUT2D eigenvalue weighted by Gasteiger charge is -2.33. The highest BCUT2D eigenvalue weighted by Gasteiger charge is 2.20. The molecule has 1 aliphatic rings. The molecule has 0 spiro atoms. The van der Waals surface area contributed by atoms with Gasteiger partial charge in [0, 0.05) is 63.8 Å². The summed E-state index contributed by atoms with van der Waals surface area (Å²) in [6.45, 7) is 6.05. The third-order valence-electron chi connectivity index (χ3n) is 5.35. The van der Waals surface area contributed by atoms with Gasteiger partial charge in [-0.1, -0.05) is 30.3 Å². The van der Waals surface area contributed by atoms with Crippen molar-refractivity contribution in [1.82, 2.24) is 25.4 Å². The number of aryl methyl sites for hydroxylation is 1. The van der Waals surface area contributed by atoms with E-state index in [1.807, 2.05) is 6.20 Å². The van der Waals surface area contributed by atoms with Crippen LogP contribution in [0.5, 0.6) is 0 Å². The van der Waals surface area contributed by atoms with Gasteiger partial charge >= 0.3 is 0 Å². The van der Waals surface area contributed by atoms with Crippen LogP contribution >= 0.6 is 11.3 Å². The number of likely N-dealkylation sites (N-methyl/N-ethyl adjacent to an activating group) is 1. The average molecular weight is 443 g/mol. The highest BCUT2D eigenvalue weighted by molar-refractivity contribution is 7.11. The van der Waals surface area contributed by atoms with Crippen LogP contribution in [-0.2, 0) is 17.8 Å². The van der Waals surface area contributed by atoms with Crippen LogP contribution in [0.3, 0.4) is 0 Å². The zero-order valence-electron chi connectivity index (χ0n) is 18.8. The molecular weight excluding hydrogens is 408 g/mol. The monoisotopic (exact) mass is 442 g/mol. The zero-order valence-corrected chi connectivity index (χ0v) is 19.6. The highest BCUT2D eigenvalue weighted by atomic mass is 32.1. The third-order valence-corrected chi connectivity index (χ3v) is 6.32. The zero-order chi connectivity index (χ0) is 22.1. The number of hydrogen-bond acceptors (Lipinski definition) is 5. The molecule has 0 bridgehead atoms. The SMILES string of the molecule is Cc1cnc(CCNC(=NCC(=O)N(C)C)NC2CCN(Cc3ccccc3)CC2)s1. The molecule has 7 nitrogen and oxygen atoms in total. The van der Waals surface area contributed by atoms with E-state index in [2.05, 4.69) is 62.8 Å². The van der Waals surface area contributed by atoms with Crippen LogP contribution in [0.25, 0.3) is 0 Å². The first-order valence-corrected chi connectivity index (χ1v) is 11.7. The number of aromatic nitrogens is 1. The molecule has 8 heteroatoms. The van der Waals surface area contributed by atoms with Gasteiger partial charge in [-0.15, -0.1) is 11.3 Å². The molecule has 0 saturated carbocycles. The van der Waals surface area contributed by atoms with Crippen molar-refractivity contribution in [1.29, 1.82) is 0 Å². The number of amides is 1. The minimum atomic E-state index is -0.00525. The van der Waals surface area contributed by atoms with Crippen molar-refractivity contribution < 1.29 is 4.79 Å². The first kappa shape index (κ1) is 23.2. The number of nitrogens with one attached hydrogen (secondary N) is 2. The molecule has 1 aliphatic heterocycles. The number of likely N-dealkylation sites (tertiary alicyclic amines) is 1. The molecule has 1 amide bonds. The summed E-state index contributed by atoms with van der Waals surface area (Å²) in [6.07, 6.45) is 4.87. The molecule has 0 aliphatic carbocycles. The molecule has 0 unspecified atom stereocenters. The lowest BCUT2D eigenvalue weighted by atomic mass is 10.0. The van der Waals surface area contributed by atoms with Gasteiger partial charge in [0.15, 0.2) is 5.96 Å². The Hall–Kier alpha value is -2.45. The molecule has 1 fully saturated rings. The number of rotatable bonds is 8. The molecule has 1 aromatic carbocycles. The summed E-state index contributed by atoms with van der Waals surface area (Å²) < 4.78 is 0. The maximum Gasteiger partial charge on any atom is 0.243 e. The number of aliphatic imine (C=N–C) groups is 1. The summed E-state index contributed by atoms with van der Waals surface area (Å²) in [7, 11) is 3.51. The summed E-state index contributed by atoms with van der Waals surface area (Å²) in [5, 5.41) is 8.06. The van der Waals surface area contributed by atoms with E-state index in [0.29, 0.717) is 12.0 Å². The first-order chi connectivity index (χ1) is 15.0. The molecular formula is C23H34N6OS. The van der Waals surface area contributed by atoms with Crippen LogP contribution in [0.4, 0.5) is 0 Å². The van der Waals surface area contributed by atoms with E-state index in [9.17, 15) is 4.79 Å². The standard InChI is InChI=1S/C23H34N6OS/c1-18-15-25-21(31-18)9-12-24-23(26-16-22(30)28(2)3)27-20-10-13-29(14-11-20)17-19-7-5-4-6-8-19/h4-8,15,20H,9-14,16-17H2,1-3H3,(H2,24,26,27). The van der Waals surface area contributed by atoms with E-state index in [0.717, 1.165) is 50.4 Å². The Kier molecular flexibility index (Phi) is 8.85. The maximum atomic E-state index is 12.0. The minimum absolute atomic E-state index is 0.00525. The van der Waals surface area contributed by atoms with Gasteiger partial charge in [0.2, 0.25) is 5.91 Å². The number of thiazole rings is 1. The molecule has 1 saturated heterocycles. The van der Waals surface area contributed by atoms with E-state index < -0.39 is 0 Å². The van der Waals surface area contributed by atoms with Crippen LogP contribution in [0.15, 0.2) is 41.5 Å². The Morgan fingerprint density at radius 1 is 1.26 bits per heavy atom. The molecule has 2 aromatic rings. The van der Waals surface area contributed by atoms with E-state index in [1.165, 1.54) is 10.4 Å². The van der Waals surface area contributed by atoms with Crippen LogP contribution < -0.4 is 10.6 Å². The molecule has 3 rings (SSSR count). The fraction of sp³-hybridized carbons (Fsp3) is 0.522. The number of carbonyl (C=O) groups is 1. The third kappa shape index (κ3) is 7.95. The second-order valence-electron chi connectivity index (χ2n) is 8.17. The topological polar surface area (TPSA) is 72.9 Å². The Bertz CT molecular complexity index is 843. The summed E-state index contributed by atoms with van der Waals surface area (Å²) >= 11 is 1.72. The number of piperidine rings is 1. The van der Waals surface area contributed by atoms with Crippen molar-refractivity contribution in [2.75, 3.05) is 40.3 Å². The molecule has 168 valence electrons. The minimum Gasteiger partial charge on any atom is -0.356 e. The van der Waals surface area contributed by atoms with Crippen molar-refractivity contribution in [2.24, 2.45) is 4.99 Å². The normalized spacial score (nSPS) is 15.6. The smallest absolute Gasteiger partial charge is 0.243 e. The fourth-order valence-electron chi connectivity index (χ4n) is 3.52. The molecule has 2 heterocycles. The molecule has 31 heavy (non-hydrogen) atoms. The number of carbonyl (C=O) groups excluding carboxylic acids is 1. The van der Waals surface area contributed by atoms with E-state index in [1.54, 1.807) is 30.3 Å². The van der Waals surface area contributed by atoms with Gasteiger partial charge in [0.1, 0.15) is 6.54 Å². The Morgan fingerprint density at radius 2 is 2.00 bits per heavy atom. The predicted molar refractivity (Wildman–Crippen MR) is 127 cm³/mol. The second kappa shape index (κ2) is 11.8. The Balaban J connectivity index is 1.50. The van der Waals surface area contributed by atoms with E-state index in [-0.39, 0.29) is 12.5 Å². The summed E-state index contributed by atoms with van der Waals surface area (Å²) in [5.41, 5.74) is 1.36. The number of hydrogen-bond donors (Lipinski definition) is 2. The number of nitrogens with zero attached hydrogens (tertiary/aromatic N) is 4. The van der Waals surface area contributed by atoms with Gasteiger partial charge in [-0.3, -0.25) is 9.69 Å². The van der Waals surface area contributed by atoms with E-state index >= 15 is 0 Å². The lowest BCUT2D eigenvalue weighted by Crippen LogP contribution is -2.49. The van der Waals surface area contributed by atoms with Crippen molar-refractivity contribution in [3.8, 4) is 0 Å². The van der Waals surface area contributed by atoms with Crippen LogP contribution in [0.2, 0.25) is 0 Å². The average Bonchev–Trinajstić information content (AvgIpc) is 3.18. The Labute approximate surface area is 189 Å². The Morgan fingerprint density at radius 3 is 2.65 bits per heavy atom. The van der Waals surface area contributed by atoms with Crippen molar-refractivity contribution in [3.05, 3.63) is 52.0 Å². The number of benzene rings is 1. The van der Waals surface area contributed by atoms with E-state index in [4.69, 9.17) is 0 Å². The summed E-state index contributed by atoms with van der Waals surface area (Å²) in [5.74, 6) is 0.708. The van der Waals surface area contributed by atoms with Crippen molar-refractivity contribution in [3.63, 3.8) is 0 Å². The van der Waals surface area contributed by atoms with Gasteiger partial charge < -0.3 is 15.5 Å². The van der Waals surface area contributed by atoms with Gasteiger partial charge in [-0.25, -0.2) is 9.98 Å². The van der Waals surface area contributed by atoms with Crippen LogP contribution in [0, 0.1) is 6.92 Å². The molecule has 1 aromatic heterocycles. The van der Waals surface area contributed by atoms with Gasteiger partial charge in [-0.2, -0.15) is 0 Å². The maximum absolute atomic E-state index is 12.0. The predicted octanol–water partition coefficient (Wildman–Crippen LogP) is 2.28. The lowest BCUT2D eigenvalue weighted by molar-refractivity contribution is -0.127. The highest BCUT2D eigenvalue weighted by Crippen LogP contribution is 2.14. The van der Waals surface area contributed by atoms with Gasteiger partial charge in [0.25, 0.3) is 0 Å². The quantitative estimate of drug-likeness (QED) is 0.485. The van der Waals surface area contributed by atoms with Gasteiger partial charge in [-0.05, 0) is 25.3 Å². The number of guanidine groups is 1. The first-order valence-electron chi connectivity index (χ1n) is 10.9. The molecule has 0 radical (unpaired) electrons. The largest absolute Gasteiger partial charge is 0.356 e. The van der Waals surface area contributed by atoms with Crippen LogP contribution in [0.1, 0.15) is 28.3 Å². The van der Waals surface area contributed by atoms with Crippen molar-refractivity contribution >= 4 is 23.2 Å². The van der Waals surface area contributed by atoms with Crippen LogP contribution in [-0.4, -0.2) is 73.0 Å². The second-order valence-corrected chi connectivity index (χ2v) is 9.49. The van der Waals surface area contributed by atoms with Crippen molar-refractivity contribution in [2.45, 2.75) is 38.8 Å².